The third kappa shape index (κ3) is 3.58. The molecule has 0 radical (unpaired) electrons. The van der Waals surface area contributed by atoms with E-state index in [9.17, 15) is 14.4 Å². The number of imide groups is 1. The van der Waals surface area contributed by atoms with Crippen LogP contribution < -0.4 is 4.74 Å². The van der Waals surface area contributed by atoms with Gasteiger partial charge in [0.1, 0.15) is 5.75 Å². The van der Waals surface area contributed by atoms with Crippen LogP contribution >= 0.6 is 22.6 Å². The fourth-order valence-electron chi connectivity index (χ4n) is 2.62. The van der Waals surface area contributed by atoms with Gasteiger partial charge in [-0.1, -0.05) is 13.8 Å². The van der Waals surface area contributed by atoms with Crippen molar-refractivity contribution in [1.29, 1.82) is 0 Å². The number of hydrogen-bond acceptors (Lipinski definition) is 4. The van der Waals surface area contributed by atoms with Crippen molar-refractivity contribution in [3.63, 3.8) is 0 Å². The van der Waals surface area contributed by atoms with Gasteiger partial charge < -0.3 is 4.74 Å². The first-order valence-electron chi connectivity index (χ1n) is 7.85. The van der Waals surface area contributed by atoms with Gasteiger partial charge in [-0.3, -0.25) is 14.5 Å². The average Bonchev–Trinajstić information content (AvgIpc) is 2.81. The van der Waals surface area contributed by atoms with Crippen LogP contribution in [0.4, 0.5) is 0 Å². The Hall–Kier alpha value is -2.22. The average molecular weight is 449 g/mol. The Balaban J connectivity index is 1.84. The van der Waals surface area contributed by atoms with Gasteiger partial charge >= 0.3 is 5.97 Å². The van der Waals surface area contributed by atoms with E-state index >= 15 is 0 Å². The molecule has 2 aromatic rings. The second-order valence-corrected chi connectivity index (χ2v) is 7.46. The summed E-state index contributed by atoms with van der Waals surface area (Å²) in [5, 5.41) is 0. The molecule has 5 nitrogen and oxygen atoms in total. The molecule has 0 aromatic heterocycles. The van der Waals surface area contributed by atoms with E-state index in [1.807, 2.05) is 26.0 Å². The Kier molecular flexibility index (Phi) is 4.89. The Morgan fingerprint density at radius 3 is 2.32 bits per heavy atom. The number of hydrogen-bond donors (Lipinski definition) is 0. The zero-order chi connectivity index (χ0) is 18.1. The number of fused-ring (bicyclic) bond motifs is 1. The minimum absolute atomic E-state index is 0.174. The molecule has 0 unspecified atom stereocenters. The highest BCUT2D eigenvalue weighted by atomic mass is 127. The standard InChI is InChI=1S/C19H16INO4/c1-11(2)10-21-17(22)15-8-3-12(9-16(15)18(21)23)19(24)25-14-6-4-13(20)5-7-14/h3-9,11H,10H2,1-2H3. The van der Waals surface area contributed by atoms with Crippen LogP contribution in [0, 0.1) is 9.49 Å². The number of amides is 2. The summed E-state index contributed by atoms with van der Waals surface area (Å²) in [5.41, 5.74) is 0.823. The number of ether oxygens (including phenoxy) is 1. The molecule has 128 valence electrons. The van der Waals surface area contributed by atoms with Crippen LogP contribution in [-0.4, -0.2) is 29.2 Å². The van der Waals surface area contributed by atoms with E-state index in [1.165, 1.54) is 23.1 Å². The first-order valence-corrected chi connectivity index (χ1v) is 8.92. The molecule has 1 heterocycles. The third-order valence-electron chi connectivity index (χ3n) is 3.78. The van der Waals surface area contributed by atoms with Crippen molar-refractivity contribution in [2.45, 2.75) is 13.8 Å². The Morgan fingerprint density at radius 1 is 1.04 bits per heavy atom. The summed E-state index contributed by atoms with van der Waals surface area (Å²) in [6.45, 7) is 4.23. The molecule has 3 rings (SSSR count). The van der Waals surface area contributed by atoms with Crippen molar-refractivity contribution in [2.75, 3.05) is 6.54 Å². The molecular formula is C19H16INO4. The minimum atomic E-state index is -0.563. The van der Waals surface area contributed by atoms with Gasteiger partial charge in [0.15, 0.2) is 0 Å². The maximum absolute atomic E-state index is 12.5. The maximum atomic E-state index is 12.5. The zero-order valence-corrected chi connectivity index (χ0v) is 15.9. The quantitative estimate of drug-likeness (QED) is 0.309. The molecule has 2 amide bonds. The molecule has 0 N–H and O–H groups in total. The lowest BCUT2D eigenvalue weighted by Crippen LogP contribution is -2.33. The molecule has 0 aliphatic carbocycles. The van der Waals surface area contributed by atoms with Gasteiger partial charge in [0, 0.05) is 10.1 Å². The van der Waals surface area contributed by atoms with E-state index in [-0.39, 0.29) is 28.9 Å². The summed E-state index contributed by atoms with van der Waals surface area (Å²) in [7, 11) is 0. The predicted octanol–water partition coefficient (Wildman–Crippen LogP) is 3.76. The van der Waals surface area contributed by atoms with Crippen molar-refractivity contribution >= 4 is 40.4 Å². The van der Waals surface area contributed by atoms with Crippen molar-refractivity contribution in [2.24, 2.45) is 5.92 Å². The summed E-state index contributed by atoms with van der Waals surface area (Å²) in [4.78, 5) is 38.3. The molecule has 0 saturated carbocycles. The monoisotopic (exact) mass is 449 g/mol. The van der Waals surface area contributed by atoms with E-state index < -0.39 is 5.97 Å². The first kappa shape index (κ1) is 17.6. The largest absolute Gasteiger partial charge is 0.423 e. The molecule has 1 aliphatic heterocycles. The minimum Gasteiger partial charge on any atom is -0.423 e. The number of rotatable bonds is 4. The summed E-state index contributed by atoms with van der Waals surface area (Å²) < 4.78 is 6.35. The number of carbonyl (C=O) groups excluding carboxylic acids is 3. The Bertz CT molecular complexity index is 858. The van der Waals surface area contributed by atoms with Crippen LogP contribution in [0.25, 0.3) is 0 Å². The zero-order valence-electron chi connectivity index (χ0n) is 13.8. The molecule has 0 atom stereocenters. The van der Waals surface area contributed by atoms with E-state index in [2.05, 4.69) is 22.6 Å². The molecule has 2 aromatic carbocycles. The second kappa shape index (κ2) is 6.95. The van der Waals surface area contributed by atoms with Gasteiger partial charge in [-0.25, -0.2) is 4.79 Å². The number of nitrogens with zero attached hydrogens (tertiary/aromatic N) is 1. The second-order valence-electron chi connectivity index (χ2n) is 6.22. The van der Waals surface area contributed by atoms with Crippen LogP contribution in [0.1, 0.15) is 44.9 Å². The Morgan fingerprint density at radius 2 is 1.68 bits per heavy atom. The van der Waals surface area contributed by atoms with E-state index in [0.717, 1.165) is 3.57 Å². The maximum Gasteiger partial charge on any atom is 0.343 e. The molecule has 25 heavy (non-hydrogen) atoms. The smallest absolute Gasteiger partial charge is 0.343 e. The number of carbonyl (C=O) groups is 3. The van der Waals surface area contributed by atoms with Gasteiger partial charge in [-0.15, -0.1) is 0 Å². The number of benzene rings is 2. The number of halogens is 1. The lowest BCUT2D eigenvalue weighted by atomic mass is 10.1. The molecule has 1 aliphatic rings. The third-order valence-corrected chi connectivity index (χ3v) is 4.50. The summed E-state index contributed by atoms with van der Waals surface area (Å²) >= 11 is 2.16. The van der Waals surface area contributed by atoms with Gasteiger partial charge in [0.05, 0.1) is 16.7 Å². The van der Waals surface area contributed by atoms with Gasteiger partial charge in [0.2, 0.25) is 0 Å². The van der Waals surface area contributed by atoms with E-state index in [4.69, 9.17) is 4.74 Å². The fraction of sp³-hybridized carbons (Fsp3) is 0.211. The van der Waals surface area contributed by atoms with Crippen molar-refractivity contribution < 1.29 is 19.1 Å². The normalized spacial score (nSPS) is 13.4. The number of esters is 1. The van der Waals surface area contributed by atoms with Crippen LogP contribution in [0.3, 0.4) is 0 Å². The molecule has 0 spiro atoms. The van der Waals surface area contributed by atoms with Crippen molar-refractivity contribution in [1.82, 2.24) is 4.90 Å². The molecular weight excluding hydrogens is 433 g/mol. The highest BCUT2D eigenvalue weighted by Gasteiger charge is 2.36. The highest BCUT2D eigenvalue weighted by Crippen LogP contribution is 2.25. The van der Waals surface area contributed by atoms with Crippen molar-refractivity contribution in [3.05, 3.63) is 62.7 Å². The summed E-state index contributed by atoms with van der Waals surface area (Å²) in [6, 6.07) is 11.5. The Labute approximate surface area is 159 Å². The molecule has 0 fully saturated rings. The van der Waals surface area contributed by atoms with Gasteiger partial charge in [-0.05, 0) is 71.0 Å². The van der Waals surface area contributed by atoms with Crippen LogP contribution in [0.2, 0.25) is 0 Å². The summed E-state index contributed by atoms with van der Waals surface area (Å²) in [6.07, 6.45) is 0. The summed E-state index contributed by atoms with van der Waals surface area (Å²) in [5.74, 6) is -0.641. The van der Waals surface area contributed by atoms with E-state index in [0.29, 0.717) is 17.9 Å². The topological polar surface area (TPSA) is 63.7 Å². The SMILES string of the molecule is CC(C)CN1C(=O)c2ccc(C(=O)Oc3ccc(I)cc3)cc2C1=O. The van der Waals surface area contributed by atoms with E-state index in [1.54, 1.807) is 12.1 Å². The molecule has 0 saturated heterocycles. The lowest BCUT2D eigenvalue weighted by Gasteiger charge is -2.15. The lowest BCUT2D eigenvalue weighted by molar-refractivity contribution is 0.0635. The van der Waals surface area contributed by atoms with Crippen molar-refractivity contribution in [3.8, 4) is 5.75 Å². The van der Waals surface area contributed by atoms with Crippen LogP contribution in [0.5, 0.6) is 5.75 Å². The van der Waals surface area contributed by atoms with Crippen LogP contribution in [0.15, 0.2) is 42.5 Å². The van der Waals surface area contributed by atoms with Gasteiger partial charge in [-0.2, -0.15) is 0 Å². The molecule has 0 bridgehead atoms. The predicted molar refractivity (Wildman–Crippen MR) is 101 cm³/mol. The first-order chi connectivity index (χ1) is 11.9. The van der Waals surface area contributed by atoms with Gasteiger partial charge in [0.25, 0.3) is 11.8 Å². The fourth-order valence-corrected chi connectivity index (χ4v) is 2.98. The van der Waals surface area contributed by atoms with Crippen LogP contribution in [-0.2, 0) is 0 Å². The highest BCUT2D eigenvalue weighted by molar-refractivity contribution is 14.1. The molecule has 6 heteroatoms.